The van der Waals surface area contributed by atoms with Crippen molar-refractivity contribution in [1.29, 1.82) is 0 Å². The molecule has 0 amide bonds. The van der Waals surface area contributed by atoms with E-state index in [0.29, 0.717) is 23.0 Å². The topological polar surface area (TPSA) is 70.6 Å². The third kappa shape index (κ3) is 3.16. The Kier molecular flexibility index (Phi) is 4.47. The minimum Gasteiger partial charge on any atom is -0.504 e. The summed E-state index contributed by atoms with van der Waals surface area (Å²) in [5.41, 5.74) is 2.17. The highest BCUT2D eigenvalue weighted by molar-refractivity contribution is 7.80. The van der Waals surface area contributed by atoms with Crippen LogP contribution in [0.2, 0.25) is 0 Å². The summed E-state index contributed by atoms with van der Waals surface area (Å²) in [6, 6.07) is 4.68. The fraction of sp³-hybridized carbons (Fsp3) is 0.333. The summed E-state index contributed by atoms with van der Waals surface area (Å²) in [4.78, 5) is 11.9. The molecule has 0 saturated carbocycles. The van der Waals surface area contributed by atoms with Crippen LogP contribution >= 0.6 is 12.2 Å². The predicted molar refractivity (Wildman–Crippen MR) is 84.3 cm³/mol. The van der Waals surface area contributed by atoms with Gasteiger partial charge in [0.1, 0.15) is 0 Å². The molecule has 1 aliphatic rings. The molecule has 1 aliphatic heterocycles. The molecule has 1 aromatic rings. The zero-order chi connectivity index (χ0) is 15.6. The van der Waals surface area contributed by atoms with E-state index in [1.165, 1.54) is 6.92 Å². The molecule has 0 fully saturated rings. The van der Waals surface area contributed by atoms with Crippen LogP contribution in [0.5, 0.6) is 11.5 Å². The molecule has 6 heteroatoms. The average molecular weight is 306 g/mol. The summed E-state index contributed by atoms with van der Waals surface area (Å²) < 4.78 is 5.39. The number of benzene rings is 1. The minimum absolute atomic E-state index is 0.0361. The molecule has 1 aromatic carbocycles. The van der Waals surface area contributed by atoms with Gasteiger partial charge in [-0.2, -0.15) is 0 Å². The van der Waals surface area contributed by atoms with E-state index < -0.39 is 0 Å². The van der Waals surface area contributed by atoms with E-state index in [1.54, 1.807) is 18.2 Å². The van der Waals surface area contributed by atoms with E-state index in [1.807, 2.05) is 13.8 Å². The quantitative estimate of drug-likeness (QED) is 0.741. The van der Waals surface area contributed by atoms with Crippen molar-refractivity contribution in [3.05, 3.63) is 35.0 Å². The number of carbonyl (C=O) groups is 1. The molecule has 3 N–H and O–H groups in total. The number of Topliss-reactive ketones (excluding diaryl/α,β-unsaturated/α-hetero) is 1. The van der Waals surface area contributed by atoms with Gasteiger partial charge in [0.05, 0.1) is 12.6 Å². The molecule has 0 bridgehead atoms. The molecule has 2 rings (SSSR count). The highest BCUT2D eigenvalue weighted by Crippen LogP contribution is 2.33. The van der Waals surface area contributed by atoms with Crippen LogP contribution in [0.1, 0.15) is 32.4 Å². The highest BCUT2D eigenvalue weighted by Gasteiger charge is 2.28. The number of carbonyl (C=O) groups excluding carboxylic acids is 1. The van der Waals surface area contributed by atoms with E-state index in [2.05, 4.69) is 10.6 Å². The molecule has 1 heterocycles. The fourth-order valence-corrected chi connectivity index (χ4v) is 2.66. The first kappa shape index (κ1) is 15.3. The minimum atomic E-state index is -0.351. The first-order valence-electron chi connectivity index (χ1n) is 6.69. The zero-order valence-electron chi connectivity index (χ0n) is 12.2. The van der Waals surface area contributed by atoms with Gasteiger partial charge < -0.3 is 20.5 Å². The van der Waals surface area contributed by atoms with Gasteiger partial charge >= 0.3 is 0 Å². The summed E-state index contributed by atoms with van der Waals surface area (Å²) in [6.07, 6.45) is 0. The standard InChI is InChI=1S/C15H18N2O3S/c1-4-20-12-7-10(5-6-11(12)19)14-13(9(3)18)8(2)16-15(21)17-14/h5-7,14,19H,4H2,1-3H3,(H2,16,17,21)/t14-/m0/s1. The number of ether oxygens (including phenoxy) is 1. The van der Waals surface area contributed by atoms with Crippen LogP contribution in [-0.2, 0) is 4.79 Å². The number of allylic oxidation sites excluding steroid dienone is 1. The molecule has 1 atom stereocenters. The van der Waals surface area contributed by atoms with Crippen LogP contribution < -0.4 is 15.4 Å². The van der Waals surface area contributed by atoms with Crippen molar-refractivity contribution >= 4 is 23.1 Å². The summed E-state index contributed by atoms with van der Waals surface area (Å²) in [5, 5.41) is 16.3. The molecule has 0 saturated heterocycles. The van der Waals surface area contributed by atoms with Crippen molar-refractivity contribution in [3.63, 3.8) is 0 Å². The largest absolute Gasteiger partial charge is 0.504 e. The Morgan fingerprint density at radius 3 is 2.81 bits per heavy atom. The highest BCUT2D eigenvalue weighted by atomic mass is 32.1. The Bertz CT molecular complexity index is 625. The second-order valence-electron chi connectivity index (χ2n) is 4.79. The van der Waals surface area contributed by atoms with Crippen LogP contribution in [0.3, 0.4) is 0 Å². The molecular weight excluding hydrogens is 288 g/mol. The summed E-state index contributed by atoms with van der Waals surface area (Å²) in [7, 11) is 0. The predicted octanol–water partition coefficient (Wildman–Crippen LogP) is 2.17. The second kappa shape index (κ2) is 6.13. The zero-order valence-corrected chi connectivity index (χ0v) is 13.0. The number of hydrogen-bond acceptors (Lipinski definition) is 4. The Labute approximate surface area is 129 Å². The lowest BCUT2D eigenvalue weighted by Crippen LogP contribution is -2.44. The third-order valence-corrected chi connectivity index (χ3v) is 3.49. The van der Waals surface area contributed by atoms with E-state index in [9.17, 15) is 9.90 Å². The maximum Gasteiger partial charge on any atom is 0.171 e. The van der Waals surface area contributed by atoms with Gasteiger partial charge in [-0.1, -0.05) is 6.07 Å². The van der Waals surface area contributed by atoms with Gasteiger partial charge in [-0.25, -0.2) is 0 Å². The van der Waals surface area contributed by atoms with Gasteiger partial charge in [0, 0.05) is 11.3 Å². The lowest BCUT2D eigenvalue weighted by molar-refractivity contribution is -0.114. The van der Waals surface area contributed by atoms with Crippen molar-refractivity contribution in [3.8, 4) is 11.5 Å². The molecule has 112 valence electrons. The number of ketones is 1. The second-order valence-corrected chi connectivity index (χ2v) is 5.19. The van der Waals surface area contributed by atoms with Gasteiger partial charge in [-0.05, 0) is 50.7 Å². The van der Waals surface area contributed by atoms with Crippen molar-refractivity contribution < 1.29 is 14.6 Å². The van der Waals surface area contributed by atoms with E-state index in [0.717, 1.165) is 11.3 Å². The molecule has 0 radical (unpaired) electrons. The Hall–Kier alpha value is -2.08. The van der Waals surface area contributed by atoms with Crippen LogP contribution in [0, 0.1) is 0 Å². The van der Waals surface area contributed by atoms with Gasteiger partial charge in [0.25, 0.3) is 0 Å². The van der Waals surface area contributed by atoms with Crippen LogP contribution in [0.25, 0.3) is 0 Å². The summed E-state index contributed by atoms with van der Waals surface area (Å²) in [6.45, 7) is 5.63. The molecule has 0 aromatic heterocycles. The molecule has 0 unspecified atom stereocenters. The van der Waals surface area contributed by atoms with Crippen molar-refractivity contribution in [2.24, 2.45) is 0 Å². The van der Waals surface area contributed by atoms with Crippen LogP contribution in [0.4, 0.5) is 0 Å². The number of rotatable bonds is 4. The first-order valence-corrected chi connectivity index (χ1v) is 7.09. The molecule has 21 heavy (non-hydrogen) atoms. The Balaban J connectivity index is 2.48. The number of phenolic OH excluding ortho intramolecular Hbond substituents is 1. The van der Waals surface area contributed by atoms with Crippen molar-refractivity contribution in [1.82, 2.24) is 10.6 Å². The van der Waals surface area contributed by atoms with Crippen molar-refractivity contribution in [2.45, 2.75) is 26.8 Å². The molecule has 5 nitrogen and oxygen atoms in total. The number of phenols is 1. The maximum absolute atomic E-state index is 11.9. The summed E-state index contributed by atoms with van der Waals surface area (Å²) in [5.74, 6) is 0.426. The van der Waals surface area contributed by atoms with Gasteiger partial charge in [0.15, 0.2) is 22.4 Å². The maximum atomic E-state index is 11.9. The Morgan fingerprint density at radius 2 is 2.19 bits per heavy atom. The molecule has 0 aliphatic carbocycles. The van der Waals surface area contributed by atoms with E-state index in [4.69, 9.17) is 17.0 Å². The van der Waals surface area contributed by atoms with Crippen LogP contribution in [-0.4, -0.2) is 22.6 Å². The van der Waals surface area contributed by atoms with E-state index in [-0.39, 0.29) is 17.6 Å². The lowest BCUT2D eigenvalue weighted by Gasteiger charge is -2.30. The number of aromatic hydroxyl groups is 1. The van der Waals surface area contributed by atoms with Gasteiger partial charge in [-0.15, -0.1) is 0 Å². The molecular formula is C15H18N2O3S. The van der Waals surface area contributed by atoms with Gasteiger partial charge in [-0.3, -0.25) is 4.79 Å². The fourth-order valence-electron chi connectivity index (χ4n) is 2.39. The average Bonchev–Trinajstić information content (AvgIpc) is 2.40. The van der Waals surface area contributed by atoms with E-state index >= 15 is 0 Å². The van der Waals surface area contributed by atoms with Crippen LogP contribution in [0.15, 0.2) is 29.5 Å². The van der Waals surface area contributed by atoms with Crippen molar-refractivity contribution in [2.75, 3.05) is 6.61 Å². The summed E-state index contributed by atoms with van der Waals surface area (Å²) >= 11 is 5.16. The normalized spacial score (nSPS) is 18.0. The van der Waals surface area contributed by atoms with Gasteiger partial charge in [0.2, 0.25) is 0 Å². The monoisotopic (exact) mass is 306 g/mol. The Morgan fingerprint density at radius 1 is 1.48 bits per heavy atom. The third-order valence-electron chi connectivity index (χ3n) is 3.27. The first-order chi connectivity index (χ1) is 9.93. The molecule has 0 spiro atoms. The number of thiocarbonyl (C=S) groups is 1. The number of nitrogens with one attached hydrogen (secondary N) is 2. The number of hydrogen-bond donors (Lipinski definition) is 3. The SMILES string of the molecule is CCOc1cc([C@@H]2NC(=S)NC(C)=C2C(C)=O)ccc1O. The smallest absolute Gasteiger partial charge is 0.171 e. The lowest BCUT2D eigenvalue weighted by atomic mass is 9.93.